The van der Waals surface area contributed by atoms with E-state index in [-0.39, 0.29) is 22.0 Å². The van der Waals surface area contributed by atoms with Gasteiger partial charge in [0.1, 0.15) is 10.6 Å². The maximum Gasteiger partial charge on any atom is 0.270 e. The molecule has 0 heterocycles. The summed E-state index contributed by atoms with van der Waals surface area (Å²) in [6, 6.07) is 17.4. The van der Waals surface area contributed by atoms with Gasteiger partial charge in [0, 0.05) is 12.1 Å². The molecule has 0 amide bonds. The smallest absolute Gasteiger partial charge is 0.270 e. The Labute approximate surface area is 179 Å². The average molecular weight is 440 g/mol. The van der Waals surface area contributed by atoms with Crippen LogP contribution in [0.15, 0.2) is 76.7 Å². The van der Waals surface area contributed by atoms with E-state index in [4.69, 9.17) is 4.74 Å². The number of benzene rings is 3. The van der Waals surface area contributed by atoms with Gasteiger partial charge in [-0.2, -0.15) is 5.10 Å². The van der Waals surface area contributed by atoms with E-state index in [1.165, 1.54) is 25.3 Å². The van der Waals surface area contributed by atoms with Crippen LogP contribution in [0, 0.1) is 17.0 Å². The van der Waals surface area contributed by atoms with E-state index in [1.807, 2.05) is 31.2 Å². The third kappa shape index (κ3) is 5.17. The van der Waals surface area contributed by atoms with Gasteiger partial charge in [-0.1, -0.05) is 36.4 Å². The SMILES string of the molecule is COc1ccccc1NS(=O)(=O)c1cc([N+](=O)[O-])ccc1N/N=C/c1ccccc1C. The second-order valence-corrected chi connectivity index (χ2v) is 8.12. The van der Waals surface area contributed by atoms with Crippen LogP contribution in [-0.2, 0) is 10.0 Å². The summed E-state index contributed by atoms with van der Waals surface area (Å²) in [5, 5.41) is 15.3. The fourth-order valence-corrected chi connectivity index (χ4v) is 4.02. The standard InChI is InChI=1S/C21H20N4O5S/c1-15-7-3-4-8-16(15)14-22-23-19-12-11-17(25(26)27)13-21(19)31(28,29)24-18-9-5-6-10-20(18)30-2/h3-14,23-24H,1-2H3/b22-14+. The number of hydrazone groups is 1. The highest BCUT2D eigenvalue weighted by Crippen LogP contribution is 2.31. The molecule has 0 unspecified atom stereocenters. The van der Waals surface area contributed by atoms with Gasteiger partial charge >= 0.3 is 0 Å². The molecule has 3 rings (SSSR count). The number of sulfonamides is 1. The summed E-state index contributed by atoms with van der Waals surface area (Å²) in [6.07, 6.45) is 1.54. The van der Waals surface area contributed by atoms with E-state index < -0.39 is 14.9 Å². The van der Waals surface area contributed by atoms with Crippen LogP contribution in [0.4, 0.5) is 17.1 Å². The van der Waals surface area contributed by atoms with Crippen molar-refractivity contribution in [3.8, 4) is 5.75 Å². The van der Waals surface area contributed by atoms with E-state index in [1.54, 1.807) is 24.4 Å². The minimum absolute atomic E-state index is 0.0813. The zero-order chi connectivity index (χ0) is 22.4. The van der Waals surface area contributed by atoms with E-state index in [9.17, 15) is 18.5 Å². The molecule has 0 bridgehead atoms. The monoisotopic (exact) mass is 440 g/mol. The number of methoxy groups -OCH3 is 1. The molecule has 31 heavy (non-hydrogen) atoms. The number of ether oxygens (including phenoxy) is 1. The zero-order valence-electron chi connectivity index (χ0n) is 16.8. The number of non-ortho nitro benzene ring substituents is 1. The second-order valence-electron chi connectivity index (χ2n) is 6.47. The number of nitrogens with zero attached hydrogens (tertiary/aromatic N) is 2. The van der Waals surface area contributed by atoms with Crippen molar-refractivity contribution in [3.63, 3.8) is 0 Å². The molecule has 0 atom stereocenters. The van der Waals surface area contributed by atoms with Crippen molar-refractivity contribution in [1.82, 2.24) is 0 Å². The summed E-state index contributed by atoms with van der Waals surface area (Å²) < 4.78 is 33.7. The molecule has 0 fully saturated rings. The van der Waals surface area contributed by atoms with Crippen LogP contribution >= 0.6 is 0 Å². The van der Waals surface area contributed by atoms with E-state index in [0.717, 1.165) is 17.2 Å². The number of hydrogen-bond donors (Lipinski definition) is 2. The Morgan fingerprint density at radius 3 is 2.45 bits per heavy atom. The van der Waals surface area contributed by atoms with Crippen molar-refractivity contribution in [2.45, 2.75) is 11.8 Å². The van der Waals surface area contributed by atoms with Crippen LogP contribution in [0.3, 0.4) is 0 Å². The molecule has 3 aromatic carbocycles. The number of nitrogens with one attached hydrogen (secondary N) is 2. The molecule has 0 saturated carbocycles. The van der Waals surface area contributed by atoms with Gasteiger partial charge in [-0.15, -0.1) is 0 Å². The van der Waals surface area contributed by atoms with Crippen LogP contribution < -0.4 is 14.9 Å². The van der Waals surface area contributed by atoms with Gasteiger partial charge < -0.3 is 4.74 Å². The fraction of sp³-hybridized carbons (Fsp3) is 0.0952. The maximum atomic E-state index is 13.1. The topological polar surface area (TPSA) is 123 Å². The van der Waals surface area contributed by atoms with Gasteiger partial charge in [-0.25, -0.2) is 8.42 Å². The maximum absolute atomic E-state index is 13.1. The predicted molar refractivity (Wildman–Crippen MR) is 119 cm³/mol. The zero-order valence-corrected chi connectivity index (χ0v) is 17.6. The number of nitro groups is 1. The molecular formula is C21H20N4O5S. The summed E-state index contributed by atoms with van der Waals surface area (Å²) in [6.45, 7) is 1.92. The van der Waals surface area contributed by atoms with Crippen molar-refractivity contribution in [2.75, 3.05) is 17.3 Å². The summed E-state index contributed by atoms with van der Waals surface area (Å²) in [5.74, 6) is 0.309. The van der Waals surface area contributed by atoms with Crippen molar-refractivity contribution in [2.24, 2.45) is 5.10 Å². The Morgan fingerprint density at radius 1 is 1.03 bits per heavy atom. The Morgan fingerprint density at radius 2 is 1.74 bits per heavy atom. The lowest BCUT2D eigenvalue weighted by atomic mass is 10.1. The first kappa shape index (κ1) is 21.8. The number of aryl methyl sites for hydroxylation is 1. The Kier molecular flexibility index (Phi) is 6.51. The van der Waals surface area contributed by atoms with Gasteiger partial charge in [-0.05, 0) is 36.2 Å². The Hall–Kier alpha value is -3.92. The lowest BCUT2D eigenvalue weighted by Crippen LogP contribution is -2.15. The highest BCUT2D eigenvalue weighted by atomic mass is 32.2. The predicted octanol–water partition coefficient (Wildman–Crippen LogP) is 4.16. The van der Waals surface area contributed by atoms with Crippen LogP contribution in [-0.4, -0.2) is 26.7 Å². The number of para-hydroxylation sites is 2. The van der Waals surface area contributed by atoms with Gasteiger partial charge in [-0.3, -0.25) is 20.3 Å². The van der Waals surface area contributed by atoms with Gasteiger partial charge in [0.15, 0.2) is 0 Å². The number of rotatable bonds is 8. The fourth-order valence-electron chi connectivity index (χ4n) is 2.77. The summed E-state index contributed by atoms with van der Waals surface area (Å²) >= 11 is 0. The molecule has 0 saturated heterocycles. The first-order valence-electron chi connectivity index (χ1n) is 9.11. The normalized spacial score (nSPS) is 11.3. The molecule has 160 valence electrons. The molecule has 0 aliphatic rings. The number of hydrogen-bond acceptors (Lipinski definition) is 7. The second kappa shape index (κ2) is 9.26. The minimum Gasteiger partial charge on any atom is -0.495 e. The Balaban J connectivity index is 1.98. The van der Waals surface area contributed by atoms with Crippen LogP contribution in [0.5, 0.6) is 5.75 Å². The lowest BCUT2D eigenvalue weighted by molar-refractivity contribution is -0.385. The average Bonchev–Trinajstić information content (AvgIpc) is 2.75. The summed E-state index contributed by atoms with van der Waals surface area (Å²) in [5.41, 5.74) is 4.42. The van der Waals surface area contributed by atoms with Gasteiger partial charge in [0.05, 0.1) is 29.6 Å². The molecule has 0 spiro atoms. The highest BCUT2D eigenvalue weighted by molar-refractivity contribution is 7.93. The third-order valence-electron chi connectivity index (χ3n) is 4.39. The first-order chi connectivity index (χ1) is 14.8. The van der Waals surface area contributed by atoms with Crippen LogP contribution in [0.25, 0.3) is 0 Å². The van der Waals surface area contributed by atoms with Gasteiger partial charge in [0.25, 0.3) is 15.7 Å². The molecule has 10 heteroatoms. The molecule has 0 aromatic heterocycles. The molecule has 0 aliphatic carbocycles. The van der Waals surface area contributed by atoms with Crippen molar-refractivity contribution in [3.05, 3.63) is 88.0 Å². The molecule has 0 aliphatic heterocycles. The van der Waals surface area contributed by atoms with Gasteiger partial charge in [0.2, 0.25) is 0 Å². The van der Waals surface area contributed by atoms with Crippen LogP contribution in [0.1, 0.15) is 11.1 Å². The minimum atomic E-state index is -4.21. The molecular weight excluding hydrogens is 420 g/mol. The summed E-state index contributed by atoms with van der Waals surface area (Å²) in [4.78, 5) is 10.2. The quantitative estimate of drug-likeness (QED) is 0.308. The Bertz CT molecular complexity index is 1240. The molecule has 9 nitrogen and oxygen atoms in total. The van der Waals surface area contributed by atoms with E-state index in [0.29, 0.717) is 5.75 Å². The first-order valence-corrected chi connectivity index (χ1v) is 10.6. The highest BCUT2D eigenvalue weighted by Gasteiger charge is 2.23. The number of nitro benzene ring substituents is 1. The van der Waals surface area contributed by atoms with E-state index in [2.05, 4.69) is 15.2 Å². The molecule has 2 N–H and O–H groups in total. The van der Waals surface area contributed by atoms with Crippen molar-refractivity contribution < 1.29 is 18.1 Å². The molecule has 3 aromatic rings. The third-order valence-corrected chi connectivity index (χ3v) is 5.80. The van der Waals surface area contributed by atoms with Crippen molar-refractivity contribution >= 4 is 33.3 Å². The van der Waals surface area contributed by atoms with E-state index >= 15 is 0 Å². The summed E-state index contributed by atoms with van der Waals surface area (Å²) in [7, 11) is -2.80. The van der Waals surface area contributed by atoms with Crippen molar-refractivity contribution in [1.29, 1.82) is 0 Å². The molecule has 0 radical (unpaired) electrons. The lowest BCUT2D eigenvalue weighted by Gasteiger charge is -2.14. The number of anilines is 2. The van der Waals surface area contributed by atoms with Crippen LogP contribution in [0.2, 0.25) is 0 Å². The largest absolute Gasteiger partial charge is 0.495 e.